The Morgan fingerprint density at radius 2 is 2.20 bits per heavy atom. The summed E-state index contributed by atoms with van der Waals surface area (Å²) in [4.78, 5) is 4.13. The van der Waals surface area contributed by atoms with Crippen molar-refractivity contribution in [2.24, 2.45) is 0 Å². The van der Waals surface area contributed by atoms with Crippen LogP contribution in [0.2, 0.25) is 0 Å². The molecule has 0 aliphatic heterocycles. The van der Waals surface area contributed by atoms with E-state index < -0.39 is 0 Å². The number of pyridine rings is 1. The van der Waals surface area contributed by atoms with E-state index in [1.54, 1.807) is 17.1 Å². The summed E-state index contributed by atoms with van der Waals surface area (Å²) in [6.45, 7) is 2.74. The third kappa shape index (κ3) is 2.02. The van der Waals surface area contributed by atoms with E-state index >= 15 is 0 Å². The third-order valence-electron chi connectivity index (χ3n) is 2.08. The number of nitrogens with one attached hydrogen (secondary N) is 1. The van der Waals surface area contributed by atoms with Gasteiger partial charge in [0.05, 0.1) is 23.8 Å². The quantitative estimate of drug-likeness (QED) is 0.797. The van der Waals surface area contributed by atoms with Gasteiger partial charge in [-0.3, -0.25) is 4.98 Å². The Morgan fingerprint density at radius 3 is 2.93 bits per heavy atom. The molecule has 5 nitrogen and oxygen atoms in total. The number of nitrogens with zero attached hydrogens (tertiary/aromatic N) is 4. The molecule has 78 valence electrons. The normalized spacial score (nSPS) is 10.5. The summed E-state index contributed by atoms with van der Waals surface area (Å²) in [6.07, 6.45) is 5.35. The van der Waals surface area contributed by atoms with Gasteiger partial charge < -0.3 is 5.32 Å². The van der Waals surface area contributed by atoms with Gasteiger partial charge in [-0.15, -0.1) is 5.10 Å². The van der Waals surface area contributed by atoms with E-state index in [2.05, 4.69) is 20.6 Å². The average molecular weight is 203 g/mol. The molecule has 2 heterocycles. The summed E-state index contributed by atoms with van der Waals surface area (Å²) >= 11 is 0. The van der Waals surface area contributed by atoms with Gasteiger partial charge in [-0.2, -0.15) is 0 Å². The fraction of sp³-hybridized carbons (Fsp3) is 0.300. The SMILES string of the molecule is CNCc1cnnn1-c1cncc(C)c1. The summed E-state index contributed by atoms with van der Waals surface area (Å²) in [5, 5.41) is 11.0. The smallest absolute Gasteiger partial charge is 0.0853 e. The first-order chi connectivity index (χ1) is 7.31. The Balaban J connectivity index is 2.40. The predicted octanol–water partition coefficient (Wildman–Crippen LogP) is 0.690. The Hall–Kier alpha value is -1.75. The number of hydrogen-bond acceptors (Lipinski definition) is 4. The van der Waals surface area contributed by atoms with Crippen LogP contribution in [0.4, 0.5) is 0 Å². The fourth-order valence-corrected chi connectivity index (χ4v) is 1.43. The van der Waals surface area contributed by atoms with Crippen molar-refractivity contribution in [3.05, 3.63) is 35.9 Å². The topological polar surface area (TPSA) is 55.6 Å². The zero-order valence-electron chi connectivity index (χ0n) is 8.81. The lowest BCUT2D eigenvalue weighted by Crippen LogP contribution is -2.11. The summed E-state index contributed by atoms with van der Waals surface area (Å²) in [5.74, 6) is 0. The van der Waals surface area contributed by atoms with E-state index in [9.17, 15) is 0 Å². The lowest BCUT2D eigenvalue weighted by Gasteiger charge is -2.05. The first-order valence-corrected chi connectivity index (χ1v) is 4.77. The molecule has 0 aromatic carbocycles. The molecule has 1 N–H and O–H groups in total. The number of rotatable bonds is 3. The second-order valence-electron chi connectivity index (χ2n) is 3.39. The van der Waals surface area contributed by atoms with Crippen LogP contribution in [0.1, 0.15) is 11.3 Å². The Morgan fingerprint density at radius 1 is 1.33 bits per heavy atom. The third-order valence-corrected chi connectivity index (χ3v) is 2.08. The summed E-state index contributed by atoms with van der Waals surface area (Å²) < 4.78 is 1.79. The first kappa shape index (κ1) is 9.79. The molecule has 2 rings (SSSR count). The van der Waals surface area contributed by atoms with Crippen molar-refractivity contribution in [2.75, 3.05) is 7.05 Å². The summed E-state index contributed by atoms with van der Waals surface area (Å²) in [7, 11) is 1.89. The molecule has 0 aliphatic rings. The van der Waals surface area contributed by atoms with Gasteiger partial charge >= 0.3 is 0 Å². The second-order valence-corrected chi connectivity index (χ2v) is 3.39. The van der Waals surface area contributed by atoms with Crippen LogP contribution in [-0.4, -0.2) is 27.0 Å². The zero-order valence-corrected chi connectivity index (χ0v) is 8.81. The molecular weight excluding hydrogens is 190 g/mol. The Kier molecular flexibility index (Phi) is 2.73. The Bertz CT molecular complexity index is 449. The van der Waals surface area contributed by atoms with Crippen LogP contribution in [0, 0.1) is 6.92 Å². The van der Waals surface area contributed by atoms with Crippen molar-refractivity contribution in [2.45, 2.75) is 13.5 Å². The first-order valence-electron chi connectivity index (χ1n) is 4.77. The molecule has 15 heavy (non-hydrogen) atoms. The minimum Gasteiger partial charge on any atom is -0.314 e. The van der Waals surface area contributed by atoms with Gasteiger partial charge in [-0.25, -0.2) is 4.68 Å². The molecule has 0 aliphatic carbocycles. The molecule has 2 aromatic heterocycles. The molecular formula is C10H13N5. The zero-order chi connectivity index (χ0) is 10.7. The molecule has 0 spiro atoms. The van der Waals surface area contributed by atoms with Crippen molar-refractivity contribution in [3.63, 3.8) is 0 Å². The van der Waals surface area contributed by atoms with Crippen LogP contribution in [0.15, 0.2) is 24.7 Å². The maximum absolute atomic E-state index is 4.13. The highest BCUT2D eigenvalue weighted by molar-refractivity contribution is 5.31. The van der Waals surface area contributed by atoms with Crippen molar-refractivity contribution in [1.82, 2.24) is 25.3 Å². The second kappa shape index (κ2) is 4.18. The van der Waals surface area contributed by atoms with E-state index in [-0.39, 0.29) is 0 Å². The van der Waals surface area contributed by atoms with Gasteiger partial charge in [-0.05, 0) is 25.6 Å². The molecule has 0 atom stereocenters. The fourth-order valence-electron chi connectivity index (χ4n) is 1.43. The molecule has 0 saturated heterocycles. The van der Waals surface area contributed by atoms with Gasteiger partial charge in [0, 0.05) is 12.7 Å². The number of aromatic nitrogens is 4. The van der Waals surface area contributed by atoms with Crippen LogP contribution in [-0.2, 0) is 6.54 Å². The molecule has 0 radical (unpaired) electrons. The molecule has 0 bridgehead atoms. The van der Waals surface area contributed by atoms with Crippen molar-refractivity contribution < 1.29 is 0 Å². The van der Waals surface area contributed by atoms with E-state index in [0.717, 1.165) is 23.5 Å². The molecule has 0 unspecified atom stereocenters. The lowest BCUT2D eigenvalue weighted by molar-refractivity contribution is 0.712. The summed E-state index contributed by atoms with van der Waals surface area (Å²) in [5.41, 5.74) is 3.07. The molecule has 0 saturated carbocycles. The lowest BCUT2D eigenvalue weighted by atomic mass is 10.3. The summed E-state index contributed by atoms with van der Waals surface area (Å²) in [6, 6.07) is 2.03. The molecule has 0 amide bonds. The minimum atomic E-state index is 0.737. The van der Waals surface area contributed by atoms with Crippen LogP contribution in [0.3, 0.4) is 0 Å². The monoisotopic (exact) mass is 203 g/mol. The average Bonchev–Trinajstić information content (AvgIpc) is 2.66. The van der Waals surface area contributed by atoms with Gasteiger partial charge in [0.15, 0.2) is 0 Å². The highest BCUT2D eigenvalue weighted by Crippen LogP contribution is 2.09. The van der Waals surface area contributed by atoms with Gasteiger partial charge in [0.25, 0.3) is 0 Å². The number of aryl methyl sites for hydroxylation is 1. The van der Waals surface area contributed by atoms with E-state index in [4.69, 9.17) is 0 Å². The molecule has 5 heteroatoms. The van der Waals surface area contributed by atoms with E-state index in [0.29, 0.717) is 0 Å². The maximum atomic E-state index is 4.13. The molecule has 2 aromatic rings. The minimum absolute atomic E-state index is 0.737. The highest BCUT2D eigenvalue weighted by atomic mass is 15.4. The molecule has 0 fully saturated rings. The van der Waals surface area contributed by atoms with Crippen molar-refractivity contribution in [3.8, 4) is 5.69 Å². The van der Waals surface area contributed by atoms with Crippen LogP contribution in [0.5, 0.6) is 0 Å². The van der Waals surface area contributed by atoms with Gasteiger partial charge in [0.1, 0.15) is 0 Å². The van der Waals surface area contributed by atoms with Gasteiger partial charge in [-0.1, -0.05) is 5.21 Å². The van der Waals surface area contributed by atoms with Crippen LogP contribution < -0.4 is 5.32 Å². The van der Waals surface area contributed by atoms with Gasteiger partial charge in [0.2, 0.25) is 0 Å². The Labute approximate surface area is 88.1 Å². The standard InChI is InChI=1S/C10H13N5/c1-8-3-9(6-12-4-8)15-10(5-11-2)7-13-14-15/h3-4,6-7,11H,5H2,1-2H3. The number of hydrogen-bond donors (Lipinski definition) is 1. The van der Waals surface area contributed by atoms with E-state index in [1.807, 2.05) is 26.2 Å². The van der Waals surface area contributed by atoms with E-state index in [1.165, 1.54) is 0 Å². The maximum Gasteiger partial charge on any atom is 0.0853 e. The van der Waals surface area contributed by atoms with Crippen LogP contribution >= 0.6 is 0 Å². The van der Waals surface area contributed by atoms with Crippen molar-refractivity contribution >= 4 is 0 Å². The predicted molar refractivity (Wildman–Crippen MR) is 56.7 cm³/mol. The van der Waals surface area contributed by atoms with Crippen LogP contribution in [0.25, 0.3) is 5.69 Å². The highest BCUT2D eigenvalue weighted by Gasteiger charge is 2.05. The van der Waals surface area contributed by atoms with Crippen molar-refractivity contribution in [1.29, 1.82) is 0 Å². The largest absolute Gasteiger partial charge is 0.314 e.